The van der Waals surface area contributed by atoms with Gasteiger partial charge in [0.2, 0.25) is 5.91 Å². The summed E-state index contributed by atoms with van der Waals surface area (Å²) in [6.45, 7) is 0.635. The van der Waals surface area contributed by atoms with Crippen LogP contribution in [0.3, 0.4) is 0 Å². The molecule has 1 aromatic rings. The number of hydrogen-bond donors (Lipinski definition) is 1. The lowest BCUT2D eigenvalue weighted by Crippen LogP contribution is -2.44. The van der Waals surface area contributed by atoms with Gasteiger partial charge in [-0.15, -0.1) is 0 Å². The summed E-state index contributed by atoms with van der Waals surface area (Å²) in [7, 11) is 1.35. The Hall–Kier alpha value is -1.59. The van der Waals surface area contributed by atoms with Crippen LogP contribution in [0.2, 0.25) is 5.02 Å². The number of hydrogen-bond acceptors (Lipinski definition) is 4. The standard InChI is InChI=1S/C14H17ClN2O3/c1-20-14(19)11-3-2-8-17(11)12(13(16)18)9-4-6-10(15)7-5-9/h4-7,11-12H,2-3,8H2,1H3,(H2,16,18)/t11-,12-/m0/s1. The lowest BCUT2D eigenvalue weighted by Gasteiger charge is -2.29. The zero-order chi connectivity index (χ0) is 14.7. The summed E-state index contributed by atoms with van der Waals surface area (Å²) < 4.78 is 4.80. The number of rotatable bonds is 4. The van der Waals surface area contributed by atoms with Gasteiger partial charge >= 0.3 is 5.97 Å². The van der Waals surface area contributed by atoms with E-state index in [0.717, 1.165) is 12.0 Å². The molecule has 0 unspecified atom stereocenters. The van der Waals surface area contributed by atoms with Crippen LogP contribution < -0.4 is 5.73 Å². The minimum atomic E-state index is -0.640. The lowest BCUT2D eigenvalue weighted by molar-refractivity contribution is -0.147. The zero-order valence-electron chi connectivity index (χ0n) is 11.2. The normalized spacial score (nSPS) is 20.6. The number of methoxy groups -OCH3 is 1. The van der Waals surface area contributed by atoms with Crippen LogP contribution in [0.1, 0.15) is 24.4 Å². The van der Waals surface area contributed by atoms with Crippen LogP contribution in [-0.4, -0.2) is 36.5 Å². The SMILES string of the molecule is COC(=O)[C@@H]1CCCN1[C@H](C(N)=O)c1ccc(Cl)cc1. The third-order valence-electron chi connectivity index (χ3n) is 3.55. The highest BCUT2D eigenvalue weighted by Crippen LogP contribution is 2.30. The minimum absolute atomic E-state index is 0.331. The molecular weight excluding hydrogens is 280 g/mol. The fourth-order valence-electron chi connectivity index (χ4n) is 2.65. The van der Waals surface area contributed by atoms with Crippen molar-refractivity contribution >= 4 is 23.5 Å². The third-order valence-corrected chi connectivity index (χ3v) is 3.81. The molecule has 0 aliphatic carbocycles. The molecule has 20 heavy (non-hydrogen) atoms. The number of amides is 1. The van der Waals surface area contributed by atoms with E-state index in [9.17, 15) is 9.59 Å². The van der Waals surface area contributed by atoms with Crippen LogP contribution in [0, 0.1) is 0 Å². The van der Waals surface area contributed by atoms with Gasteiger partial charge in [0.25, 0.3) is 0 Å². The Labute approximate surface area is 122 Å². The van der Waals surface area contributed by atoms with E-state index in [2.05, 4.69) is 0 Å². The maximum absolute atomic E-state index is 11.8. The highest BCUT2D eigenvalue weighted by Gasteiger charge is 2.39. The maximum Gasteiger partial charge on any atom is 0.323 e. The second-order valence-corrected chi connectivity index (χ2v) is 5.21. The second-order valence-electron chi connectivity index (χ2n) is 4.78. The Morgan fingerprint density at radius 1 is 1.40 bits per heavy atom. The molecule has 0 bridgehead atoms. The number of primary amides is 1. The number of likely N-dealkylation sites (tertiary alicyclic amines) is 1. The van der Waals surface area contributed by atoms with E-state index < -0.39 is 18.0 Å². The van der Waals surface area contributed by atoms with Crippen molar-refractivity contribution in [3.05, 3.63) is 34.9 Å². The summed E-state index contributed by atoms with van der Waals surface area (Å²) in [5.41, 5.74) is 6.26. The Morgan fingerprint density at radius 2 is 2.05 bits per heavy atom. The van der Waals surface area contributed by atoms with Gasteiger partial charge in [-0.1, -0.05) is 23.7 Å². The molecular formula is C14H17ClN2O3. The van der Waals surface area contributed by atoms with E-state index in [-0.39, 0.29) is 5.97 Å². The fraction of sp³-hybridized carbons (Fsp3) is 0.429. The maximum atomic E-state index is 11.8. The highest BCUT2D eigenvalue weighted by molar-refractivity contribution is 6.30. The topological polar surface area (TPSA) is 72.6 Å². The molecule has 0 saturated carbocycles. The first-order chi connectivity index (χ1) is 9.54. The van der Waals surface area contributed by atoms with Gasteiger partial charge in [-0.2, -0.15) is 0 Å². The summed E-state index contributed by atoms with van der Waals surface area (Å²) >= 11 is 5.85. The monoisotopic (exact) mass is 296 g/mol. The average molecular weight is 297 g/mol. The number of nitrogens with two attached hydrogens (primary N) is 1. The molecule has 1 heterocycles. The predicted octanol–water partition coefficient (Wildman–Crippen LogP) is 1.50. The van der Waals surface area contributed by atoms with Gasteiger partial charge in [-0.05, 0) is 30.5 Å². The third kappa shape index (κ3) is 2.94. The Bertz CT molecular complexity index is 504. The number of esters is 1. The first kappa shape index (κ1) is 14.8. The summed E-state index contributed by atoms with van der Waals surface area (Å²) in [6, 6.07) is 5.85. The molecule has 1 aromatic carbocycles. The Balaban J connectivity index is 2.31. The molecule has 5 nitrogen and oxygen atoms in total. The van der Waals surface area contributed by atoms with Crippen molar-refractivity contribution in [2.45, 2.75) is 24.9 Å². The first-order valence-corrected chi connectivity index (χ1v) is 6.80. The van der Waals surface area contributed by atoms with Gasteiger partial charge in [0.1, 0.15) is 12.1 Å². The van der Waals surface area contributed by atoms with Crippen molar-refractivity contribution in [3.63, 3.8) is 0 Å². The number of ether oxygens (including phenoxy) is 1. The van der Waals surface area contributed by atoms with Crippen LogP contribution in [0.15, 0.2) is 24.3 Å². The Kier molecular flexibility index (Phi) is 4.62. The molecule has 108 valence electrons. The Morgan fingerprint density at radius 3 is 2.60 bits per heavy atom. The van der Waals surface area contributed by atoms with Crippen LogP contribution >= 0.6 is 11.6 Å². The highest BCUT2D eigenvalue weighted by atomic mass is 35.5. The summed E-state index contributed by atoms with van der Waals surface area (Å²) in [4.78, 5) is 25.4. The largest absolute Gasteiger partial charge is 0.468 e. The molecule has 1 aliphatic heterocycles. The molecule has 1 amide bonds. The van der Waals surface area contributed by atoms with Gasteiger partial charge in [0, 0.05) is 11.6 Å². The lowest BCUT2D eigenvalue weighted by atomic mass is 10.0. The quantitative estimate of drug-likeness (QED) is 0.855. The zero-order valence-corrected chi connectivity index (χ0v) is 12.0. The van der Waals surface area contributed by atoms with Gasteiger partial charge in [-0.25, -0.2) is 0 Å². The van der Waals surface area contributed by atoms with Crippen molar-refractivity contribution in [2.24, 2.45) is 5.73 Å². The van der Waals surface area contributed by atoms with E-state index >= 15 is 0 Å². The first-order valence-electron chi connectivity index (χ1n) is 6.43. The molecule has 1 fully saturated rings. The van der Waals surface area contributed by atoms with E-state index in [1.54, 1.807) is 29.2 Å². The second kappa shape index (κ2) is 6.24. The van der Waals surface area contributed by atoms with E-state index in [1.165, 1.54) is 7.11 Å². The number of benzene rings is 1. The number of carbonyl (C=O) groups is 2. The van der Waals surface area contributed by atoms with Gasteiger partial charge in [0.15, 0.2) is 0 Å². The summed E-state index contributed by atoms with van der Waals surface area (Å²) in [6.07, 6.45) is 1.50. The number of halogens is 1. The van der Waals surface area contributed by atoms with Gasteiger partial charge < -0.3 is 10.5 Å². The number of nitrogens with zero attached hydrogens (tertiary/aromatic N) is 1. The molecule has 2 rings (SSSR count). The molecule has 1 saturated heterocycles. The minimum Gasteiger partial charge on any atom is -0.468 e. The fourth-order valence-corrected chi connectivity index (χ4v) is 2.78. The smallest absolute Gasteiger partial charge is 0.323 e. The van der Waals surface area contributed by atoms with Crippen molar-refractivity contribution < 1.29 is 14.3 Å². The van der Waals surface area contributed by atoms with E-state index in [0.29, 0.717) is 18.0 Å². The van der Waals surface area contributed by atoms with Gasteiger partial charge in [-0.3, -0.25) is 14.5 Å². The molecule has 2 N–H and O–H groups in total. The van der Waals surface area contributed by atoms with Crippen LogP contribution in [-0.2, 0) is 14.3 Å². The molecule has 0 spiro atoms. The average Bonchev–Trinajstić information content (AvgIpc) is 2.89. The van der Waals surface area contributed by atoms with Crippen LogP contribution in [0.4, 0.5) is 0 Å². The molecule has 2 atom stereocenters. The molecule has 0 aromatic heterocycles. The van der Waals surface area contributed by atoms with Crippen molar-refractivity contribution in [3.8, 4) is 0 Å². The van der Waals surface area contributed by atoms with E-state index in [1.807, 2.05) is 0 Å². The van der Waals surface area contributed by atoms with Gasteiger partial charge in [0.05, 0.1) is 7.11 Å². The van der Waals surface area contributed by atoms with Crippen molar-refractivity contribution in [1.82, 2.24) is 4.90 Å². The van der Waals surface area contributed by atoms with Crippen LogP contribution in [0.25, 0.3) is 0 Å². The van der Waals surface area contributed by atoms with Crippen molar-refractivity contribution in [2.75, 3.05) is 13.7 Å². The molecule has 0 radical (unpaired) electrons. The predicted molar refractivity (Wildman–Crippen MR) is 75.1 cm³/mol. The van der Waals surface area contributed by atoms with Crippen molar-refractivity contribution in [1.29, 1.82) is 0 Å². The van der Waals surface area contributed by atoms with Crippen LogP contribution in [0.5, 0.6) is 0 Å². The molecule has 1 aliphatic rings. The summed E-state index contributed by atoms with van der Waals surface area (Å²) in [5, 5.41) is 0.586. The molecule has 6 heteroatoms. The number of carbonyl (C=O) groups excluding carboxylic acids is 2. The van der Waals surface area contributed by atoms with E-state index in [4.69, 9.17) is 22.1 Å². The summed E-state index contributed by atoms with van der Waals surface area (Å²) in [5.74, 6) is -0.814.